The molecule has 0 saturated heterocycles. The highest BCUT2D eigenvalue weighted by Gasteiger charge is 2.26. The van der Waals surface area contributed by atoms with Gasteiger partial charge in [0, 0.05) is 6.20 Å². The number of hydrogen-bond donors (Lipinski definition) is 2. The molecule has 3 aromatic rings. The molecule has 0 saturated carbocycles. The van der Waals surface area contributed by atoms with Gasteiger partial charge in [-0.15, -0.1) is 0 Å². The third-order valence-corrected chi connectivity index (χ3v) is 6.86. The molecule has 0 aliphatic carbocycles. The van der Waals surface area contributed by atoms with E-state index in [1.807, 2.05) is 18.2 Å². The molecule has 1 aliphatic rings. The van der Waals surface area contributed by atoms with Crippen LogP contribution in [-0.2, 0) is 16.3 Å². The van der Waals surface area contributed by atoms with Gasteiger partial charge in [-0.3, -0.25) is 5.10 Å². The number of aromatic amines is 1. The van der Waals surface area contributed by atoms with Crippen LogP contribution in [0.2, 0.25) is 0 Å². The monoisotopic (exact) mass is 398 g/mol. The van der Waals surface area contributed by atoms with Crippen molar-refractivity contribution < 1.29 is 8.42 Å². The van der Waals surface area contributed by atoms with Gasteiger partial charge in [-0.1, -0.05) is 26.0 Å². The zero-order chi connectivity index (χ0) is 19.7. The van der Waals surface area contributed by atoms with Gasteiger partial charge in [0.2, 0.25) is 0 Å². The van der Waals surface area contributed by atoms with E-state index in [4.69, 9.17) is 0 Å². The number of aryl methyl sites for hydroxylation is 1. The number of anilines is 1. The SMILES string of the molecule is CC(C)[C@H](Nc1ncncc1-c1ncn[nH]1)c1ccc2c(c1)S(=O)(=O)CCC2. The van der Waals surface area contributed by atoms with Crippen molar-refractivity contribution in [3.8, 4) is 11.4 Å². The lowest BCUT2D eigenvalue weighted by atomic mass is 9.94. The fraction of sp³-hybridized carbons (Fsp3) is 0.368. The van der Waals surface area contributed by atoms with E-state index in [2.05, 4.69) is 44.3 Å². The van der Waals surface area contributed by atoms with Crippen LogP contribution in [0.5, 0.6) is 0 Å². The summed E-state index contributed by atoms with van der Waals surface area (Å²) in [5.41, 5.74) is 2.53. The molecule has 0 spiro atoms. The molecule has 2 aromatic heterocycles. The molecule has 28 heavy (non-hydrogen) atoms. The maximum absolute atomic E-state index is 12.5. The summed E-state index contributed by atoms with van der Waals surface area (Å²) in [6.07, 6.45) is 6.06. The third kappa shape index (κ3) is 3.49. The third-order valence-electron chi connectivity index (χ3n) is 4.99. The summed E-state index contributed by atoms with van der Waals surface area (Å²) in [7, 11) is -3.22. The van der Waals surface area contributed by atoms with Crippen molar-refractivity contribution >= 4 is 15.7 Å². The van der Waals surface area contributed by atoms with Gasteiger partial charge in [-0.05, 0) is 36.0 Å². The second kappa shape index (κ2) is 7.31. The van der Waals surface area contributed by atoms with Crippen LogP contribution in [0.3, 0.4) is 0 Å². The van der Waals surface area contributed by atoms with Gasteiger partial charge in [0.15, 0.2) is 15.7 Å². The van der Waals surface area contributed by atoms with Gasteiger partial charge in [0.1, 0.15) is 18.5 Å². The van der Waals surface area contributed by atoms with E-state index in [0.717, 1.165) is 17.5 Å². The summed E-state index contributed by atoms with van der Waals surface area (Å²) in [6, 6.07) is 5.64. The van der Waals surface area contributed by atoms with Crippen molar-refractivity contribution in [3.05, 3.63) is 48.2 Å². The van der Waals surface area contributed by atoms with Crippen LogP contribution in [0.15, 0.2) is 41.9 Å². The van der Waals surface area contributed by atoms with Crippen LogP contribution < -0.4 is 5.32 Å². The second-order valence-corrected chi connectivity index (χ2v) is 9.35. The quantitative estimate of drug-likeness (QED) is 0.679. The van der Waals surface area contributed by atoms with Crippen molar-refractivity contribution in [3.63, 3.8) is 0 Å². The number of benzene rings is 1. The molecule has 1 aromatic carbocycles. The lowest BCUT2D eigenvalue weighted by molar-refractivity contribution is 0.542. The van der Waals surface area contributed by atoms with Crippen LogP contribution in [0.25, 0.3) is 11.4 Å². The highest BCUT2D eigenvalue weighted by molar-refractivity contribution is 7.91. The number of fused-ring (bicyclic) bond motifs is 1. The summed E-state index contributed by atoms with van der Waals surface area (Å²) >= 11 is 0. The number of sulfone groups is 1. The summed E-state index contributed by atoms with van der Waals surface area (Å²) in [5.74, 6) is 1.59. The van der Waals surface area contributed by atoms with E-state index in [9.17, 15) is 8.42 Å². The van der Waals surface area contributed by atoms with Gasteiger partial charge in [0.25, 0.3) is 0 Å². The minimum Gasteiger partial charge on any atom is -0.362 e. The van der Waals surface area contributed by atoms with Gasteiger partial charge >= 0.3 is 0 Å². The van der Waals surface area contributed by atoms with Crippen molar-refractivity contribution in [2.75, 3.05) is 11.1 Å². The Morgan fingerprint density at radius 1 is 1.18 bits per heavy atom. The Morgan fingerprint density at radius 3 is 2.79 bits per heavy atom. The molecule has 8 nitrogen and oxygen atoms in total. The Bertz CT molecular complexity index is 1080. The van der Waals surface area contributed by atoms with E-state index < -0.39 is 9.84 Å². The predicted octanol–water partition coefficient (Wildman–Crippen LogP) is 2.79. The van der Waals surface area contributed by atoms with E-state index in [1.165, 1.54) is 12.7 Å². The van der Waals surface area contributed by atoms with E-state index >= 15 is 0 Å². The molecule has 1 atom stereocenters. The predicted molar refractivity (Wildman–Crippen MR) is 105 cm³/mol. The first-order valence-electron chi connectivity index (χ1n) is 9.23. The number of hydrogen-bond acceptors (Lipinski definition) is 7. The fourth-order valence-electron chi connectivity index (χ4n) is 3.56. The second-order valence-electron chi connectivity index (χ2n) is 7.27. The lowest BCUT2D eigenvalue weighted by Gasteiger charge is -2.26. The fourth-order valence-corrected chi connectivity index (χ4v) is 5.19. The number of aromatic nitrogens is 5. The minimum absolute atomic E-state index is 0.126. The molecule has 2 N–H and O–H groups in total. The molecule has 1 aliphatic heterocycles. The average molecular weight is 398 g/mol. The molecule has 9 heteroatoms. The largest absolute Gasteiger partial charge is 0.362 e. The Balaban J connectivity index is 1.73. The summed E-state index contributed by atoms with van der Waals surface area (Å²) < 4.78 is 25.1. The van der Waals surface area contributed by atoms with Crippen LogP contribution in [0.1, 0.15) is 37.4 Å². The molecule has 0 bridgehead atoms. The van der Waals surface area contributed by atoms with Gasteiger partial charge in [0.05, 0.1) is 22.3 Å². The van der Waals surface area contributed by atoms with E-state index in [1.54, 1.807) is 6.20 Å². The molecule has 0 unspecified atom stereocenters. The molecule has 4 rings (SSSR count). The lowest BCUT2D eigenvalue weighted by Crippen LogP contribution is -2.21. The minimum atomic E-state index is -3.22. The maximum atomic E-state index is 12.5. The molecule has 146 valence electrons. The van der Waals surface area contributed by atoms with Gasteiger partial charge < -0.3 is 5.32 Å². The zero-order valence-electron chi connectivity index (χ0n) is 15.8. The van der Waals surface area contributed by atoms with Crippen molar-refractivity contribution in [1.82, 2.24) is 25.1 Å². The van der Waals surface area contributed by atoms with E-state index in [0.29, 0.717) is 28.5 Å². The van der Waals surface area contributed by atoms with Crippen LogP contribution in [0, 0.1) is 5.92 Å². The Hall–Kier alpha value is -2.81. The van der Waals surface area contributed by atoms with Gasteiger partial charge in [-0.2, -0.15) is 5.10 Å². The summed E-state index contributed by atoms with van der Waals surface area (Å²) in [5, 5.41) is 10.2. The molecule has 0 amide bonds. The van der Waals surface area contributed by atoms with Crippen molar-refractivity contribution in [2.24, 2.45) is 5.92 Å². The molecule has 3 heterocycles. The Labute approximate surface area is 163 Å². The maximum Gasteiger partial charge on any atom is 0.178 e. The topological polar surface area (TPSA) is 114 Å². The van der Waals surface area contributed by atoms with E-state index in [-0.39, 0.29) is 17.7 Å². The van der Waals surface area contributed by atoms with Crippen LogP contribution in [-0.4, -0.2) is 39.3 Å². The summed E-state index contributed by atoms with van der Waals surface area (Å²) in [4.78, 5) is 13.1. The van der Waals surface area contributed by atoms with Crippen molar-refractivity contribution in [2.45, 2.75) is 37.6 Å². The molecule has 0 radical (unpaired) electrons. The number of nitrogens with zero attached hydrogens (tertiary/aromatic N) is 4. The first-order valence-corrected chi connectivity index (χ1v) is 10.9. The highest BCUT2D eigenvalue weighted by Crippen LogP contribution is 2.33. The average Bonchev–Trinajstić information content (AvgIpc) is 3.20. The first-order chi connectivity index (χ1) is 13.5. The molecule has 0 fully saturated rings. The van der Waals surface area contributed by atoms with Crippen molar-refractivity contribution in [1.29, 1.82) is 0 Å². The standard InChI is InChI=1S/C19H22N6O2S/c1-12(2)17(14-6-5-13-4-3-7-28(26,27)16(13)8-14)24-18-15(9-20-10-21-18)19-22-11-23-25-19/h5-6,8-12,17H,3-4,7H2,1-2H3,(H,20,21,24)(H,22,23,25)/t17-/m0/s1. The van der Waals surface area contributed by atoms with Crippen LogP contribution >= 0.6 is 0 Å². The number of nitrogens with one attached hydrogen (secondary N) is 2. The number of H-pyrrole nitrogens is 1. The zero-order valence-corrected chi connectivity index (χ0v) is 16.6. The van der Waals surface area contributed by atoms with Crippen LogP contribution in [0.4, 0.5) is 5.82 Å². The summed E-state index contributed by atoms with van der Waals surface area (Å²) in [6.45, 7) is 4.17. The molecular formula is C19H22N6O2S. The Kier molecular flexibility index (Phi) is 4.84. The highest BCUT2D eigenvalue weighted by atomic mass is 32.2. The number of rotatable bonds is 5. The first kappa shape index (κ1) is 18.5. The molecular weight excluding hydrogens is 376 g/mol. The Morgan fingerprint density at radius 2 is 2.04 bits per heavy atom. The smallest absolute Gasteiger partial charge is 0.178 e. The van der Waals surface area contributed by atoms with Gasteiger partial charge in [-0.25, -0.2) is 23.4 Å². The normalized spacial score (nSPS) is 16.5.